The number of nitrogens with zero attached hydrogens (tertiary/aromatic N) is 3. The predicted octanol–water partition coefficient (Wildman–Crippen LogP) is 3.21. The maximum absolute atomic E-state index is 4.64. The average Bonchev–Trinajstić information content (AvgIpc) is 3.06. The van der Waals surface area contributed by atoms with Crippen molar-refractivity contribution in [1.29, 1.82) is 0 Å². The normalized spacial score (nSPS) is 12.3. The first kappa shape index (κ1) is 19.5. The number of imidazole rings is 1. The lowest BCUT2D eigenvalue weighted by atomic mass is 10.1. The first-order valence-electron chi connectivity index (χ1n) is 7.85. The fourth-order valence-electron chi connectivity index (χ4n) is 2.21. The summed E-state index contributed by atoms with van der Waals surface area (Å²) >= 11 is 0. The molecular formula is C17H26IN5. The van der Waals surface area contributed by atoms with Crippen LogP contribution in [0.3, 0.4) is 0 Å². The first-order valence-corrected chi connectivity index (χ1v) is 7.85. The summed E-state index contributed by atoms with van der Waals surface area (Å²) in [6, 6.07) is 10.6. The highest BCUT2D eigenvalue weighted by atomic mass is 127. The molecular weight excluding hydrogens is 401 g/mol. The van der Waals surface area contributed by atoms with E-state index < -0.39 is 0 Å². The molecule has 0 amide bonds. The molecule has 1 aromatic heterocycles. The van der Waals surface area contributed by atoms with E-state index in [1.54, 1.807) is 6.20 Å². The Morgan fingerprint density at radius 1 is 1.30 bits per heavy atom. The van der Waals surface area contributed by atoms with E-state index in [1.165, 1.54) is 5.56 Å². The summed E-state index contributed by atoms with van der Waals surface area (Å²) in [4.78, 5) is 8.68. The van der Waals surface area contributed by atoms with Crippen molar-refractivity contribution in [2.45, 2.75) is 32.9 Å². The minimum Gasteiger partial charge on any atom is -0.357 e. The van der Waals surface area contributed by atoms with Crippen molar-refractivity contribution in [3.05, 3.63) is 54.6 Å². The van der Waals surface area contributed by atoms with Crippen molar-refractivity contribution in [3.8, 4) is 0 Å². The van der Waals surface area contributed by atoms with Gasteiger partial charge in [-0.2, -0.15) is 0 Å². The van der Waals surface area contributed by atoms with Gasteiger partial charge in [0.05, 0.1) is 12.4 Å². The zero-order valence-corrected chi connectivity index (χ0v) is 16.1. The Bertz CT molecular complexity index is 554. The lowest BCUT2D eigenvalue weighted by Crippen LogP contribution is -2.38. The number of rotatable bonds is 7. The summed E-state index contributed by atoms with van der Waals surface area (Å²) in [5, 5.41) is 6.74. The molecule has 0 aliphatic rings. The SMILES string of the molecule is CCNC(=NCCCn1ccnc1)NC(C)c1ccccc1.I. The molecule has 1 heterocycles. The molecule has 1 atom stereocenters. The van der Waals surface area contributed by atoms with Crippen molar-refractivity contribution in [2.75, 3.05) is 13.1 Å². The molecule has 0 saturated heterocycles. The smallest absolute Gasteiger partial charge is 0.191 e. The topological polar surface area (TPSA) is 54.2 Å². The Morgan fingerprint density at radius 2 is 2.09 bits per heavy atom. The monoisotopic (exact) mass is 427 g/mol. The Balaban J connectivity index is 0.00000264. The molecule has 2 aromatic rings. The van der Waals surface area contributed by atoms with Crippen molar-refractivity contribution >= 4 is 29.9 Å². The van der Waals surface area contributed by atoms with Gasteiger partial charge in [-0.05, 0) is 25.8 Å². The van der Waals surface area contributed by atoms with Gasteiger partial charge in [0, 0.05) is 32.0 Å². The van der Waals surface area contributed by atoms with Crippen LogP contribution in [0.2, 0.25) is 0 Å². The van der Waals surface area contributed by atoms with E-state index >= 15 is 0 Å². The lowest BCUT2D eigenvalue weighted by Gasteiger charge is -2.18. The fraction of sp³-hybridized carbons (Fsp3) is 0.412. The minimum absolute atomic E-state index is 0. The summed E-state index contributed by atoms with van der Waals surface area (Å²) in [6.45, 7) is 6.81. The second kappa shape index (κ2) is 11.0. The van der Waals surface area contributed by atoms with E-state index in [2.05, 4.69) is 63.3 Å². The summed E-state index contributed by atoms with van der Waals surface area (Å²) in [5.41, 5.74) is 1.26. The van der Waals surface area contributed by atoms with Gasteiger partial charge in [0.2, 0.25) is 0 Å². The molecule has 0 aliphatic carbocycles. The van der Waals surface area contributed by atoms with Crippen molar-refractivity contribution in [3.63, 3.8) is 0 Å². The Morgan fingerprint density at radius 3 is 2.74 bits per heavy atom. The Kier molecular flexibility index (Phi) is 9.35. The number of nitrogens with one attached hydrogen (secondary N) is 2. The molecule has 0 saturated carbocycles. The highest BCUT2D eigenvalue weighted by Gasteiger charge is 2.06. The van der Waals surface area contributed by atoms with E-state index in [1.807, 2.05) is 18.6 Å². The van der Waals surface area contributed by atoms with Crippen LogP contribution >= 0.6 is 24.0 Å². The molecule has 1 unspecified atom stereocenters. The van der Waals surface area contributed by atoms with Crippen LogP contribution in [0.1, 0.15) is 31.9 Å². The molecule has 0 aliphatic heterocycles. The van der Waals surface area contributed by atoms with E-state index in [0.717, 1.165) is 32.0 Å². The fourth-order valence-corrected chi connectivity index (χ4v) is 2.21. The number of guanidine groups is 1. The number of aromatic nitrogens is 2. The van der Waals surface area contributed by atoms with Crippen LogP contribution in [-0.4, -0.2) is 28.6 Å². The number of hydrogen-bond acceptors (Lipinski definition) is 2. The van der Waals surface area contributed by atoms with Gasteiger partial charge < -0.3 is 15.2 Å². The zero-order valence-electron chi connectivity index (χ0n) is 13.8. The second-order valence-electron chi connectivity index (χ2n) is 5.19. The van der Waals surface area contributed by atoms with Gasteiger partial charge in [-0.1, -0.05) is 30.3 Å². The molecule has 6 heteroatoms. The van der Waals surface area contributed by atoms with Crippen LogP contribution < -0.4 is 10.6 Å². The van der Waals surface area contributed by atoms with E-state index in [4.69, 9.17) is 0 Å². The predicted molar refractivity (Wildman–Crippen MR) is 106 cm³/mol. The quantitative estimate of drug-likeness (QED) is 0.309. The van der Waals surface area contributed by atoms with Gasteiger partial charge in [0.1, 0.15) is 0 Å². The van der Waals surface area contributed by atoms with Gasteiger partial charge in [0.25, 0.3) is 0 Å². The maximum atomic E-state index is 4.64. The average molecular weight is 427 g/mol. The summed E-state index contributed by atoms with van der Waals surface area (Å²) in [6.07, 6.45) is 6.61. The van der Waals surface area contributed by atoms with E-state index in [-0.39, 0.29) is 30.0 Å². The molecule has 2 rings (SSSR count). The molecule has 1 aromatic carbocycles. The zero-order chi connectivity index (χ0) is 15.6. The molecule has 2 N–H and O–H groups in total. The third kappa shape index (κ3) is 7.02. The summed E-state index contributed by atoms with van der Waals surface area (Å²) in [5.74, 6) is 0.865. The Hall–Kier alpha value is -1.57. The van der Waals surface area contributed by atoms with Crippen LogP contribution in [-0.2, 0) is 6.54 Å². The molecule has 5 nitrogen and oxygen atoms in total. The number of hydrogen-bond donors (Lipinski definition) is 2. The van der Waals surface area contributed by atoms with Crippen LogP contribution in [0, 0.1) is 0 Å². The van der Waals surface area contributed by atoms with Crippen LogP contribution in [0.5, 0.6) is 0 Å². The minimum atomic E-state index is 0. The van der Waals surface area contributed by atoms with Crippen molar-refractivity contribution < 1.29 is 0 Å². The summed E-state index contributed by atoms with van der Waals surface area (Å²) in [7, 11) is 0. The number of benzene rings is 1. The third-order valence-electron chi connectivity index (χ3n) is 3.40. The number of halogens is 1. The molecule has 0 radical (unpaired) electrons. The van der Waals surface area contributed by atoms with Crippen molar-refractivity contribution in [2.24, 2.45) is 4.99 Å². The van der Waals surface area contributed by atoms with Gasteiger partial charge >= 0.3 is 0 Å². The van der Waals surface area contributed by atoms with Gasteiger partial charge in [-0.25, -0.2) is 4.98 Å². The highest BCUT2D eigenvalue weighted by Crippen LogP contribution is 2.10. The van der Waals surface area contributed by atoms with E-state index in [0.29, 0.717) is 0 Å². The van der Waals surface area contributed by atoms with Crippen LogP contribution in [0.25, 0.3) is 0 Å². The van der Waals surface area contributed by atoms with Gasteiger partial charge in [-0.15, -0.1) is 24.0 Å². The lowest BCUT2D eigenvalue weighted by molar-refractivity contribution is 0.640. The third-order valence-corrected chi connectivity index (χ3v) is 3.40. The molecule has 126 valence electrons. The summed E-state index contributed by atoms with van der Waals surface area (Å²) < 4.78 is 2.07. The van der Waals surface area contributed by atoms with E-state index in [9.17, 15) is 0 Å². The number of aliphatic imine (C=N–C) groups is 1. The number of aryl methyl sites for hydroxylation is 1. The molecule has 0 spiro atoms. The van der Waals surface area contributed by atoms with Gasteiger partial charge in [0.15, 0.2) is 5.96 Å². The standard InChI is InChI=1S/C17H25N5.HI/c1-3-19-17(20-10-7-12-22-13-11-18-14-22)21-15(2)16-8-5-4-6-9-16;/h4-6,8-9,11,13-15H,3,7,10,12H2,1-2H3,(H2,19,20,21);1H. The second-order valence-corrected chi connectivity index (χ2v) is 5.19. The Labute approximate surface area is 155 Å². The highest BCUT2D eigenvalue weighted by molar-refractivity contribution is 14.0. The largest absolute Gasteiger partial charge is 0.357 e. The van der Waals surface area contributed by atoms with Crippen LogP contribution in [0.4, 0.5) is 0 Å². The molecule has 0 bridgehead atoms. The molecule has 23 heavy (non-hydrogen) atoms. The molecule has 0 fully saturated rings. The van der Waals surface area contributed by atoms with Gasteiger partial charge in [-0.3, -0.25) is 4.99 Å². The van der Waals surface area contributed by atoms with Crippen molar-refractivity contribution in [1.82, 2.24) is 20.2 Å². The maximum Gasteiger partial charge on any atom is 0.191 e. The van der Waals surface area contributed by atoms with Crippen LogP contribution in [0.15, 0.2) is 54.0 Å². The first-order chi connectivity index (χ1) is 10.8.